The van der Waals surface area contributed by atoms with Crippen molar-refractivity contribution >= 4 is 57.2 Å². The number of aliphatic imine (C=N–C) groups is 1. The smallest absolute Gasteiger partial charge is 0.266 e. The average Bonchev–Trinajstić information content (AvgIpc) is 3.10. The van der Waals surface area contributed by atoms with Gasteiger partial charge in [-0.2, -0.15) is 0 Å². The van der Waals surface area contributed by atoms with Crippen molar-refractivity contribution in [3.63, 3.8) is 0 Å². The molecular formula is C24H25IN2O5S. The Morgan fingerprint density at radius 2 is 1.91 bits per heavy atom. The number of hydrogen-bond acceptors (Lipinski definition) is 7. The van der Waals surface area contributed by atoms with E-state index < -0.39 is 0 Å². The summed E-state index contributed by atoms with van der Waals surface area (Å²) in [6.07, 6.45) is 3.52. The van der Waals surface area contributed by atoms with Crippen molar-refractivity contribution in [1.82, 2.24) is 4.90 Å². The molecular weight excluding hydrogens is 555 g/mol. The molecule has 0 saturated carbocycles. The second-order valence-electron chi connectivity index (χ2n) is 6.79. The molecule has 0 aliphatic carbocycles. The van der Waals surface area contributed by atoms with Gasteiger partial charge in [0.25, 0.3) is 5.91 Å². The lowest BCUT2D eigenvalue weighted by molar-refractivity contribution is -0.122. The third kappa shape index (κ3) is 6.30. The van der Waals surface area contributed by atoms with Crippen molar-refractivity contribution < 1.29 is 23.7 Å². The second-order valence-corrected chi connectivity index (χ2v) is 8.96. The van der Waals surface area contributed by atoms with E-state index in [2.05, 4.69) is 34.2 Å². The quantitative estimate of drug-likeness (QED) is 0.221. The van der Waals surface area contributed by atoms with Crippen LogP contribution < -0.4 is 14.2 Å². The standard InChI is InChI=1S/C24H25IN2O5S/c1-5-11-32-22-19(25)13-16(14-20(22)31-4)15-21-23(28)27(10-12-29-2)24(33-21)26-17-6-8-18(30-3)9-7-17/h5-9,13-15H,1,10-12H2,2-4H3/b21-15+,26-24?. The third-order valence-electron chi connectivity index (χ3n) is 4.60. The van der Waals surface area contributed by atoms with Crippen molar-refractivity contribution in [2.24, 2.45) is 4.99 Å². The van der Waals surface area contributed by atoms with Gasteiger partial charge in [-0.15, -0.1) is 0 Å². The first-order valence-electron chi connectivity index (χ1n) is 10.0. The molecule has 9 heteroatoms. The maximum Gasteiger partial charge on any atom is 0.266 e. The molecule has 0 bridgehead atoms. The number of ether oxygens (including phenoxy) is 4. The van der Waals surface area contributed by atoms with Crippen molar-refractivity contribution in [3.05, 3.63) is 63.1 Å². The number of carbonyl (C=O) groups is 1. The van der Waals surface area contributed by atoms with Crippen LogP contribution in [0.5, 0.6) is 17.2 Å². The van der Waals surface area contributed by atoms with E-state index in [-0.39, 0.29) is 5.91 Å². The summed E-state index contributed by atoms with van der Waals surface area (Å²) in [4.78, 5) is 20.1. The van der Waals surface area contributed by atoms with Crippen LogP contribution >= 0.6 is 34.4 Å². The van der Waals surface area contributed by atoms with E-state index in [9.17, 15) is 4.79 Å². The first-order valence-corrected chi connectivity index (χ1v) is 11.9. The van der Waals surface area contributed by atoms with Gasteiger partial charge in [-0.1, -0.05) is 12.7 Å². The summed E-state index contributed by atoms with van der Waals surface area (Å²) in [7, 11) is 4.81. The predicted molar refractivity (Wildman–Crippen MR) is 141 cm³/mol. The van der Waals surface area contributed by atoms with Crippen LogP contribution in [0.15, 0.2) is 59.0 Å². The van der Waals surface area contributed by atoms with Crippen molar-refractivity contribution in [2.75, 3.05) is 41.1 Å². The Morgan fingerprint density at radius 1 is 1.15 bits per heavy atom. The normalized spacial score (nSPS) is 15.9. The first-order chi connectivity index (χ1) is 16.0. The summed E-state index contributed by atoms with van der Waals surface area (Å²) in [5.41, 5.74) is 1.56. The van der Waals surface area contributed by atoms with Crippen LogP contribution in [0.3, 0.4) is 0 Å². The molecule has 0 radical (unpaired) electrons. The van der Waals surface area contributed by atoms with Crippen molar-refractivity contribution in [3.8, 4) is 17.2 Å². The molecule has 2 aromatic rings. The van der Waals surface area contributed by atoms with Gasteiger partial charge in [-0.3, -0.25) is 9.69 Å². The summed E-state index contributed by atoms with van der Waals surface area (Å²) in [6, 6.07) is 11.2. The summed E-state index contributed by atoms with van der Waals surface area (Å²) >= 11 is 3.52. The molecule has 33 heavy (non-hydrogen) atoms. The van der Waals surface area contributed by atoms with E-state index in [1.54, 1.807) is 32.3 Å². The second kappa shape index (κ2) is 12.1. The predicted octanol–water partition coefficient (Wildman–Crippen LogP) is 5.12. The average molecular weight is 580 g/mol. The fourth-order valence-electron chi connectivity index (χ4n) is 3.00. The van der Waals surface area contributed by atoms with E-state index in [1.165, 1.54) is 11.8 Å². The number of thioether (sulfide) groups is 1. The molecule has 1 saturated heterocycles. The molecule has 0 N–H and O–H groups in total. The molecule has 0 atom stereocenters. The Hall–Kier alpha value is -2.50. The monoisotopic (exact) mass is 580 g/mol. The lowest BCUT2D eigenvalue weighted by Gasteiger charge is -2.14. The minimum atomic E-state index is -0.120. The van der Waals surface area contributed by atoms with Crippen LogP contribution in [0.25, 0.3) is 6.08 Å². The molecule has 1 aliphatic heterocycles. The Kier molecular flexibility index (Phi) is 9.21. The molecule has 2 aromatic carbocycles. The number of halogens is 1. The fraction of sp³-hybridized carbons (Fsp3) is 0.250. The van der Waals surface area contributed by atoms with Crippen LogP contribution in [0.4, 0.5) is 5.69 Å². The number of nitrogens with zero attached hydrogens (tertiary/aromatic N) is 2. The van der Waals surface area contributed by atoms with Gasteiger partial charge in [-0.25, -0.2) is 4.99 Å². The SMILES string of the molecule is C=CCOc1c(I)cc(/C=C2/SC(=Nc3ccc(OC)cc3)N(CCOC)C2=O)cc1OC. The minimum Gasteiger partial charge on any atom is -0.497 e. The molecule has 1 aliphatic rings. The topological polar surface area (TPSA) is 69.6 Å². The molecule has 1 heterocycles. The van der Waals surface area contributed by atoms with Crippen molar-refractivity contribution in [2.45, 2.75) is 0 Å². The molecule has 7 nitrogen and oxygen atoms in total. The van der Waals surface area contributed by atoms with E-state index in [4.69, 9.17) is 18.9 Å². The highest BCUT2D eigenvalue weighted by molar-refractivity contribution is 14.1. The molecule has 174 valence electrons. The number of rotatable bonds is 10. The van der Waals surface area contributed by atoms with E-state index in [0.717, 1.165) is 20.6 Å². The maximum atomic E-state index is 13.2. The molecule has 1 amide bonds. The highest BCUT2D eigenvalue weighted by atomic mass is 127. The van der Waals surface area contributed by atoms with Gasteiger partial charge < -0.3 is 18.9 Å². The van der Waals surface area contributed by atoms with Gasteiger partial charge in [0, 0.05) is 7.11 Å². The number of methoxy groups -OCH3 is 3. The Morgan fingerprint density at radius 3 is 2.55 bits per heavy atom. The highest BCUT2D eigenvalue weighted by Crippen LogP contribution is 2.38. The summed E-state index contributed by atoms with van der Waals surface area (Å²) in [6.45, 7) is 4.87. The maximum absolute atomic E-state index is 13.2. The first kappa shape index (κ1) is 25.1. The lowest BCUT2D eigenvalue weighted by Crippen LogP contribution is -2.32. The van der Waals surface area contributed by atoms with Crippen LogP contribution in [0.2, 0.25) is 0 Å². The van der Waals surface area contributed by atoms with Crippen LogP contribution in [0, 0.1) is 3.57 Å². The van der Waals surface area contributed by atoms with E-state index in [1.807, 2.05) is 42.5 Å². The summed E-state index contributed by atoms with van der Waals surface area (Å²) < 4.78 is 22.5. The highest BCUT2D eigenvalue weighted by Gasteiger charge is 2.33. The minimum absolute atomic E-state index is 0.120. The third-order valence-corrected chi connectivity index (χ3v) is 6.41. The van der Waals surface area contributed by atoms with Crippen molar-refractivity contribution in [1.29, 1.82) is 0 Å². The van der Waals surface area contributed by atoms with Gasteiger partial charge in [-0.05, 0) is 82.4 Å². The van der Waals surface area contributed by atoms with Gasteiger partial charge in [0.05, 0.1) is 41.5 Å². The largest absolute Gasteiger partial charge is 0.497 e. The molecule has 3 rings (SSSR count). The van der Waals surface area contributed by atoms with E-state index >= 15 is 0 Å². The van der Waals surface area contributed by atoms with Gasteiger partial charge in [0.1, 0.15) is 12.4 Å². The number of carbonyl (C=O) groups excluding carboxylic acids is 1. The zero-order valence-electron chi connectivity index (χ0n) is 18.7. The summed E-state index contributed by atoms with van der Waals surface area (Å²) in [5, 5.41) is 0.598. The van der Waals surface area contributed by atoms with E-state index in [0.29, 0.717) is 41.3 Å². The van der Waals surface area contributed by atoms with Gasteiger partial charge >= 0.3 is 0 Å². The van der Waals surface area contributed by atoms with Gasteiger partial charge in [0.2, 0.25) is 0 Å². The van der Waals surface area contributed by atoms with Crippen LogP contribution in [-0.2, 0) is 9.53 Å². The Labute approximate surface area is 211 Å². The zero-order chi connectivity index (χ0) is 23.8. The zero-order valence-corrected chi connectivity index (χ0v) is 21.6. The van der Waals surface area contributed by atoms with Crippen LogP contribution in [0.1, 0.15) is 5.56 Å². The molecule has 0 unspecified atom stereocenters. The number of amidine groups is 1. The lowest BCUT2D eigenvalue weighted by atomic mass is 10.2. The number of benzene rings is 2. The molecule has 1 fully saturated rings. The van der Waals surface area contributed by atoms with Gasteiger partial charge in [0.15, 0.2) is 16.7 Å². The molecule has 0 aromatic heterocycles. The Balaban J connectivity index is 1.94. The molecule has 0 spiro atoms. The Bertz CT molecular complexity index is 1070. The number of amides is 1. The number of hydrogen-bond donors (Lipinski definition) is 0. The van der Waals surface area contributed by atoms with Crippen LogP contribution in [-0.4, -0.2) is 57.1 Å². The fourth-order valence-corrected chi connectivity index (χ4v) is 4.80. The summed E-state index contributed by atoms with van der Waals surface area (Å²) in [5.74, 6) is 1.86.